The van der Waals surface area contributed by atoms with Crippen LogP contribution < -0.4 is 10.7 Å². The molecule has 25 heavy (non-hydrogen) atoms. The van der Waals surface area contributed by atoms with Gasteiger partial charge in [-0.05, 0) is 23.3 Å². The van der Waals surface area contributed by atoms with Gasteiger partial charge in [-0.1, -0.05) is 72.8 Å². The zero-order valence-corrected chi connectivity index (χ0v) is 13.7. The number of anilines is 1. The van der Waals surface area contributed by atoms with Crippen LogP contribution >= 0.6 is 0 Å². The van der Waals surface area contributed by atoms with Gasteiger partial charge < -0.3 is 5.32 Å². The first-order chi connectivity index (χ1) is 12.3. The summed E-state index contributed by atoms with van der Waals surface area (Å²) >= 11 is 0. The van der Waals surface area contributed by atoms with Crippen LogP contribution in [0, 0.1) is 0 Å². The SMILES string of the molecule is O=C1c2ccccc2NC(c2ccccc2)N1NCc1ccccc1. The van der Waals surface area contributed by atoms with Gasteiger partial charge in [0.15, 0.2) is 0 Å². The van der Waals surface area contributed by atoms with E-state index in [9.17, 15) is 4.79 Å². The Hall–Kier alpha value is -3.11. The quantitative estimate of drug-likeness (QED) is 0.761. The molecule has 4 heteroatoms. The first kappa shape index (κ1) is 15.4. The Bertz CT molecular complexity index is 865. The van der Waals surface area contributed by atoms with Crippen molar-refractivity contribution in [2.75, 3.05) is 5.32 Å². The maximum atomic E-state index is 13.0. The smallest absolute Gasteiger partial charge is 0.272 e. The number of benzene rings is 3. The topological polar surface area (TPSA) is 44.4 Å². The molecule has 3 aromatic carbocycles. The van der Waals surface area contributed by atoms with Crippen molar-refractivity contribution in [1.82, 2.24) is 10.4 Å². The van der Waals surface area contributed by atoms with E-state index in [2.05, 4.69) is 10.7 Å². The molecule has 0 saturated carbocycles. The maximum Gasteiger partial charge on any atom is 0.272 e. The normalized spacial score (nSPS) is 16.2. The molecule has 4 nitrogen and oxygen atoms in total. The fourth-order valence-corrected chi connectivity index (χ4v) is 3.06. The molecule has 1 aliphatic heterocycles. The fraction of sp³-hybridized carbons (Fsp3) is 0.0952. The molecule has 0 fully saturated rings. The van der Waals surface area contributed by atoms with Gasteiger partial charge in [0.25, 0.3) is 5.91 Å². The Kier molecular flexibility index (Phi) is 4.19. The number of amides is 1. The number of nitrogens with one attached hydrogen (secondary N) is 2. The minimum atomic E-state index is -0.257. The molecule has 0 aromatic heterocycles. The fourth-order valence-electron chi connectivity index (χ4n) is 3.06. The van der Waals surface area contributed by atoms with E-state index in [1.807, 2.05) is 84.9 Å². The molecule has 1 amide bonds. The number of nitrogens with zero attached hydrogens (tertiary/aromatic N) is 1. The second-order valence-electron chi connectivity index (χ2n) is 6.00. The van der Waals surface area contributed by atoms with E-state index in [0.29, 0.717) is 12.1 Å². The van der Waals surface area contributed by atoms with Gasteiger partial charge in [-0.2, -0.15) is 0 Å². The van der Waals surface area contributed by atoms with Crippen molar-refractivity contribution in [1.29, 1.82) is 0 Å². The molecule has 124 valence electrons. The highest BCUT2D eigenvalue weighted by atomic mass is 16.2. The Labute approximate surface area is 147 Å². The van der Waals surface area contributed by atoms with Crippen molar-refractivity contribution in [3.63, 3.8) is 0 Å². The summed E-state index contributed by atoms with van der Waals surface area (Å²) in [5, 5.41) is 5.16. The average molecular weight is 329 g/mol. The molecule has 2 N–H and O–H groups in total. The van der Waals surface area contributed by atoms with Crippen molar-refractivity contribution in [2.24, 2.45) is 0 Å². The highest BCUT2D eigenvalue weighted by molar-refractivity contribution is 6.01. The summed E-state index contributed by atoms with van der Waals surface area (Å²) < 4.78 is 0. The highest BCUT2D eigenvalue weighted by Gasteiger charge is 2.32. The zero-order valence-electron chi connectivity index (χ0n) is 13.7. The van der Waals surface area contributed by atoms with Gasteiger partial charge in [-0.15, -0.1) is 0 Å². The summed E-state index contributed by atoms with van der Waals surface area (Å²) in [4.78, 5) is 13.0. The van der Waals surface area contributed by atoms with E-state index in [4.69, 9.17) is 0 Å². The summed E-state index contributed by atoms with van der Waals surface area (Å²) in [6.45, 7) is 0.583. The van der Waals surface area contributed by atoms with Crippen molar-refractivity contribution in [3.8, 4) is 0 Å². The Morgan fingerprint density at radius 1 is 0.840 bits per heavy atom. The summed E-state index contributed by atoms with van der Waals surface area (Å²) in [5.41, 5.74) is 6.99. The number of hydrogen-bond donors (Lipinski definition) is 2. The van der Waals surface area contributed by atoms with Gasteiger partial charge in [0, 0.05) is 12.2 Å². The van der Waals surface area contributed by atoms with Crippen LogP contribution in [0.5, 0.6) is 0 Å². The minimum Gasteiger partial charge on any atom is -0.360 e. The standard InChI is InChI=1S/C21H19N3O/c25-21-18-13-7-8-14-19(18)23-20(17-11-5-2-6-12-17)24(21)22-15-16-9-3-1-4-10-16/h1-14,20,22-23H,15H2. The van der Waals surface area contributed by atoms with E-state index in [1.54, 1.807) is 5.01 Å². The second kappa shape index (κ2) is 6.79. The van der Waals surface area contributed by atoms with Crippen LogP contribution in [0.4, 0.5) is 5.69 Å². The molecular formula is C21H19N3O. The van der Waals surface area contributed by atoms with Crippen LogP contribution in [-0.4, -0.2) is 10.9 Å². The van der Waals surface area contributed by atoms with Crippen LogP contribution in [0.1, 0.15) is 27.7 Å². The molecular weight excluding hydrogens is 310 g/mol. The van der Waals surface area contributed by atoms with E-state index >= 15 is 0 Å². The third-order valence-corrected chi connectivity index (χ3v) is 4.34. The van der Waals surface area contributed by atoms with Gasteiger partial charge in [0.05, 0.1) is 5.56 Å². The number of carbonyl (C=O) groups excluding carboxylic acids is 1. The van der Waals surface area contributed by atoms with E-state index in [0.717, 1.165) is 16.8 Å². The lowest BCUT2D eigenvalue weighted by molar-refractivity contribution is 0.0545. The highest BCUT2D eigenvalue weighted by Crippen LogP contribution is 2.31. The molecule has 1 aliphatic rings. The molecule has 3 aromatic rings. The molecule has 1 heterocycles. The predicted molar refractivity (Wildman–Crippen MR) is 98.7 cm³/mol. The van der Waals surface area contributed by atoms with Crippen molar-refractivity contribution < 1.29 is 4.79 Å². The van der Waals surface area contributed by atoms with Crippen molar-refractivity contribution in [2.45, 2.75) is 12.7 Å². The third kappa shape index (κ3) is 3.12. The van der Waals surface area contributed by atoms with Gasteiger partial charge in [0.1, 0.15) is 6.17 Å². The number of carbonyl (C=O) groups is 1. The Morgan fingerprint density at radius 2 is 1.48 bits per heavy atom. The molecule has 0 radical (unpaired) electrons. The van der Waals surface area contributed by atoms with Crippen LogP contribution in [0.2, 0.25) is 0 Å². The summed E-state index contributed by atoms with van der Waals surface area (Å²) in [6.07, 6.45) is -0.257. The van der Waals surface area contributed by atoms with E-state index < -0.39 is 0 Å². The summed E-state index contributed by atoms with van der Waals surface area (Å²) in [6, 6.07) is 27.7. The number of para-hydroxylation sites is 1. The lowest BCUT2D eigenvalue weighted by Gasteiger charge is -2.38. The Balaban J connectivity index is 1.66. The second-order valence-corrected chi connectivity index (χ2v) is 6.00. The lowest BCUT2D eigenvalue weighted by Crippen LogP contribution is -2.50. The van der Waals surface area contributed by atoms with Crippen molar-refractivity contribution in [3.05, 3.63) is 102 Å². The summed E-state index contributed by atoms with van der Waals surface area (Å²) in [5.74, 6) is -0.0286. The molecule has 0 aliphatic carbocycles. The lowest BCUT2D eigenvalue weighted by atomic mass is 10.1. The van der Waals surface area contributed by atoms with Gasteiger partial charge in [0.2, 0.25) is 0 Å². The van der Waals surface area contributed by atoms with Gasteiger partial charge >= 0.3 is 0 Å². The number of hydrazine groups is 1. The van der Waals surface area contributed by atoms with Gasteiger partial charge in [-0.3, -0.25) is 4.79 Å². The van der Waals surface area contributed by atoms with E-state index in [1.165, 1.54) is 0 Å². The molecule has 1 atom stereocenters. The minimum absolute atomic E-state index is 0.0286. The molecule has 1 unspecified atom stereocenters. The molecule has 4 rings (SSSR count). The van der Waals surface area contributed by atoms with Crippen LogP contribution in [0.15, 0.2) is 84.9 Å². The monoisotopic (exact) mass is 329 g/mol. The Morgan fingerprint density at radius 3 is 2.24 bits per heavy atom. The maximum absolute atomic E-state index is 13.0. The van der Waals surface area contributed by atoms with Gasteiger partial charge in [-0.25, -0.2) is 10.4 Å². The first-order valence-corrected chi connectivity index (χ1v) is 8.34. The van der Waals surface area contributed by atoms with Crippen LogP contribution in [0.25, 0.3) is 0 Å². The predicted octanol–water partition coefficient (Wildman–Crippen LogP) is 3.96. The summed E-state index contributed by atoms with van der Waals surface area (Å²) in [7, 11) is 0. The molecule has 0 bridgehead atoms. The first-order valence-electron chi connectivity index (χ1n) is 8.34. The number of hydrogen-bond acceptors (Lipinski definition) is 3. The zero-order chi connectivity index (χ0) is 17.1. The van der Waals surface area contributed by atoms with Crippen LogP contribution in [-0.2, 0) is 6.54 Å². The average Bonchev–Trinajstić information content (AvgIpc) is 2.69. The molecule has 0 spiro atoms. The number of rotatable bonds is 4. The van der Waals surface area contributed by atoms with Crippen LogP contribution in [0.3, 0.4) is 0 Å². The third-order valence-electron chi connectivity index (χ3n) is 4.34. The van der Waals surface area contributed by atoms with Crippen molar-refractivity contribution >= 4 is 11.6 Å². The molecule has 0 saturated heterocycles. The largest absolute Gasteiger partial charge is 0.360 e. The number of fused-ring (bicyclic) bond motifs is 1. The van der Waals surface area contributed by atoms with E-state index in [-0.39, 0.29) is 12.1 Å².